The van der Waals surface area contributed by atoms with Crippen LogP contribution in [0.3, 0.4) is 0 Å². The number of furan rings is 1. The lowest BCUT2D eigenvalue weighted by Gasteiger charge is -2.36. The molecule has 0 radical (unpaired) electrons. The first-order chi connectivity index (χ1) is 17.2. The van der Waals surface area contributed by atoms with Crippen LogP contribution in [0.25, 0.3) is 6.08 Å². The summed E-state index contributed by atoms with van der Waals surface area (Å²) in [7, 11) is 0. The van der Waals surface area contributed by atoms with Crippen LogP contribution in [0.4, 0.5) is 26.4 Å². The summed E-state index contributed by atoms with van der Waals surface area (Å²) in [5, 5.41) is 13.3. The van der Waals surface area contributed by atoms with Crippen molar-refractivity contribution in [2.45, 2.75) is 13.0 Å². The van der Waals surface area contributed by atoms with Gasteiger partial charge in [0, 0.05) is 39.2 Å². The second kappa shape index (κ2) is 10.5. The smallest absolute Gasteiger partial charge is 0.433 e. The van der Waals surface area contributed by atoms with Crippen LogP contribution in [0.1, 0.15) is 12.7 Å². The Hall–Kier alpha value is -4.42. The number of hydrogen-bond donors (Lipinski definition) is 1. The van der Waals surface area contributed by atoms with E-state index in [1.807, 2.05) is 4.90 Å². The number of rotatable bonds is 7. The number of nitrogens with zero attached hydrogens (tertiary/aromatic N) is 4. The zero-order valence-electron chi connectivity index (χ0n) is 19.4. The number of anilines is 2. The number of hydrogen-bond acceptors (Lipinski definition) is 8. The van der Waals surface area contributed by atoms with Gasteiger partial charge in [0.05, 0.1) is 30.5 Å². The molecule has 2 saturated heterocycles. The maximum Gasteiger partial charge on any atom is 0.433 e. The summed E-state index contributed by atoms with van der Waals surface area (Å²) in [5.74, 6) is -1.24. The van der Waals surface area contributed by atoms with Gasteiger partial charge in [-0.1, -0.05) is 0 Å². The van der Waals surface area contributed by atoms with Crippen LogP contribution in [-0.4, -0.2) is 73.1 Å². The highest BCUT2D eigenvalue weighted by Gasteiger charge is 2.33. The largest absolute Gasteiger partial charge is 0.442 e. The van der Waals surface area contributed by atoms with Crippen molar-refractivity contribution in [2.24, 2.45) is 0 Å². The molecule has 1 N–H and O–H groups in total. The Balaban J connectivity index is 1.32. The number of nitrogens with one attached hydrogen (secondary N) is 1. The second-order valence-electron chi connectivity index (χ2n) is 8.27. The normalized spacial score (nSPS) is 18.0. The SMILES string of the molecule is CC(=O)NC[C@H]1CN(c2ccc(N3CCN(C(=O)C=Cc4ccc([N+](=O)[O-])o4)CC3)c(F)c2)C(=O)O1. The van der Waals surface area contributed by atoms with Crippen LogP contribution in [0.5, 0.6) is 0 Å². The van der Waals surface area contributed by atoms with Gasteiger partial charge in [-0.15, -0.1) is 0 Å². The van der Waals surface area contributed by atoms with Crippen molar-refractivity contribution in [1.29, 1.82) is 0 Å². The fraction of sp³-hybridized carbons (Fsp3) is 0.348. The van der Waals surface area contributed by atoms with E-state index in [0.717, 1.165) is 0 Å². The highest BCUT2D eigenvalue weighted by Crippen LogP contribution is 2.28. The van der Waals surface area contributed by atoms with Crippen LogP contribution in [-0.2, 0) is 14.3 Å². The molecule has 0 spiro atoms. The van der Waals surface area contributed by atoms with E-state index >= 15 is 0 Å². The second-order valence-corrected chi connectivity index (χ2v) is 8.27. The minimum atomic E-state index is -0.661. The molecule has 4 rings (SSSR count). The molecule has 0 bridgehead atoms. The molecule has 36 heavy (non-hydrogen) atoms. The van der Waals surface area contributed by atoms with Gasteiger partial charge in [-0.3, -0.25) is 24.6 Å². The molecule has 13 heteroatoms. The van der Waals surface area contributed by atoms with Crippen molar-refractivity contribution < 1.29 is 32.9 Å². The van der Waals surface area contributed by atoms with E-state index in [4.69, 9.17) is 9.15 Å². The van der Waals surface area contributed by atoms with E-state index < -0.39 is 28.8 Å². The molecular weight excluding hydrogens is 477 g/mol. The Bertz CT molecular complexity index is 1210. The monoisotopic (exact) mass is 501 g/mol. The van der Waals surface area contributed by atoms with Crippen LogP contribution in [0, 0.1) is 15.9 Å². The molecule has 0 saturated carbocycles. The van der Waals surface area contributed by atoms with Crippen LogP contribution >= 0.6 is 0 Å². The number of carbonyl (C=O) groups is 3. The maximum absolute atomic E-state index is 15.0. The molecule has 0 unspecified atom stereocenters. The minimum Gasteiger partial charge on any atom is -0.442 e. The molecule has 2 aliphatic rings. The third kappa shape index (κ3) is 5.62. The van der Waals surface area contributed by atoms with E-state index in [9.17, 15) is 28.9 Å². The van der Waals surface area contributed by atoms with Gasteiger partial charge >= 0.3 is 12.0 Å². The average Bonchev–Trinajstić information content (AvgIpc) is 3.48. The van der Waals surface area contributed by atoms with Gasteiger partial charge < -0.3 is 24.3 Å². The first kappa shape index (κ1) is 24.7. The first-order valence-electron chi connectivity index (χ1n) is 11.2. The highest BCUT2D eigenvalue weighted by atomic mass is 19.1. The van der Waals surface area contributed by atoms with Gasteiger partial charge in [-0.25, -0.2) is 9.18 Å². The van der Waals surface area contributed by atoms with Crippen molar-refractivity contribution in [3.63, 3.8) is 0 Å². The number of cyclic esters (lactones) is 1. The van der Waals surface area contributed by atoms with Gasteiger partial charge in [0.25, 0.3) is 0 Å². The quantitative estimate of drug-likeness (QED) is 0.346. The predicted octanol–water partition coefficient (Wildman–Crippen LogP) is 2.15. The number of halogens is 1. The van der Waals surface area contributed by atoms with Crippen molar-refractivity contribution in [3.8, 4) is 0 Å². The molecule has 0 aliphatic carbocycles. The molecule has 1 atom stereocenters. The highest BCUT2D eigenvalue weighted by molar-refractivity contribution is 5.92. The summed E-state index contributed by atoms with van der Waals surface area (Å²) in [6.07, 6.45) is 1.51. The minimum absolute atomic E-state index is 0.178. The molecule has 3 amide bonds. The number of amides is 3. The third-order valence-corrected chi connectivity index (χ3v) is 5.81. The Labute approximate surface area is 205 Å². The number of carbonyl (C=O) groups excluding carboxylic acids is 3. The van der Waals surface area contributed by atoms with Gasteiger partial charge in [0.15, 0.2) is 0 Å². The summed E-state index contributed by atoms with van der Waals surface area (Å²) >= 11 is 0. The molecule has 1 aromatic carbocycles. The number of nitro groups is 1. The van der Waals surface area contributed by atoms with E-state index in [-0.39, 0.29) is 30.7 Å². The standard InChI is InChI=1S/C23H24FN5O7/c1-15(30)25-13-18-14-28(23(32)36-18)16-2-5-20(19(24)12-16)26-8-10-27(11-9-26)21(31)6-3-17-4-7-22(35-17)29(33)34/h2-7,12,18H,8-11,13-14H2,1H3,(H,25,30)/t18-/m0/s1. The molecule has 2 aromatic rings. The molecule has 3 heterocycles. The molecule has 12 nitrogen and oxygen atoms in total. The van der Waals surface area contributed by atoms with E-state index in [2.05, 4.69) is 5.32 Å². The first-order valence-corrected chi connectivity index (χ1v) is 11.2. The zero-order chi connectivity index (χ0) is 25.8. The lowest BCUT2D eigenvalue weighted by Crippen LogP contribution is -2.48. The van der Waals surface area contributed by atoms with Crippen molar-refractivity contribution in [3.05, 3.63) is 58.1 Å². The van der Waals surface area contributed by atoms with Crippen LogP contribution in [0.2, 0.25) is 0 Å². The van der Waals surface area contributed by atoms with Crippen molar-refractivity contribution in [2.75, 3.05) is 49.1 Å². The Kier molecular flexibility index (Phi) is 7.17. The summed E-state index contributed by atoms with van der Waals surface area (Å²) in [6, 6.07) is 7.08. The average molecular weight is 501 g/mol. The maximum atomic E-state index is 15.0. The van der Waals surface area contributed by atoms with E-state index in [1.54, 1.807) is 17.0 Å². The third-order valence-electron chi connectivity index (χ3n) is 5.81. The van der Waals surface area contributed by atoms with E-state index in [1.165, 1.54) is 42.2 Å². The van der Waals surface area contributed by atoms with Crippen molar-refractivity contribution in [1.82, 2.24) is 10.2 Å². The van der Waals surface area contributed by atoms with Gasteiger partial charge in [-0.05, 0) is 30.3 Å². The summed E-state index contributed by atoms with van der Waals surface area (Å²) in [6.45, 7) is 3.23. The molecular formula is C23H24FN5O7. The fourth-order valence-corrected chi connectivity index (χ4v) is 3.97. The summed E-state index contributed by atoms with van der Waals surface area (Å²) in [5.41, 5.74) is 0.704. The number of piperazine rings is 1. The summed E-state index contributed by atoms with van der Waals surface area (Å²) in [4.78, 5) is 50.4. The molecule has 2 fully saturated rings. The zero-order valence-corrected chi connectivity index (χ0v) is 19.4. The van der Waals surface area contributed by atoms with Crippen LogP contribution < -0.4 is 15.1 Å². The van der Waals surface area contributed by atoms with Crippen molar-refractivity contribution >= 4 is 41.2 Å². The van der Waals surface area contributed by atoms with Gasteiger partial charge in [0.2, 0.25) is 11.8 Å². The number of benzene rings is 1. The lowest BCUT2D eigenvalue weighted by molar-refractivity contribution is -0.402. The van der Waals surface area contributed by atoms with Gasteiger partial charge in [-0.2, -0.15) is 0 Å². The topological polar surface area (TPSA) is 138 Å². The van der Waals surface area contributed by atoms with Gasteiger partial charge in [0.1, 0.15) is 22.6 Å². The Morgan fingerprint density at radius 3 is 2.61 bits per heavy atom. The van der Waals surface area contributed by atoms with E-state index in [0.29, 0.717) is 37.6 Å². The molecule has 190 valence electrons. The molecule has 2 aliphatic heterocycles. The fourth-order valence-electron chi connectivity index (χ4n) is 3.97. The Morgan fingerprint density at radius 2 is 1.97 bits per heavy atom. The number of ether oxygens (including phenoxy) is 1. The predicted molar refractivity (Wildman–Crippen MR) is 126 cm³/mol. The Morgan fingerprint density at radius 1 is 1.22 bits per heavy atom. The molecule has 1 aromatic heterocycles. The van der Waals surface area contributed by atoms with Crippen LogP contribution in [0.15, 0.2) is 40.8 Å². The lowest BCUT2D eigenvalue weighted by atomic mass is 10.2. The summed E-state index contributed by atoms with van der Waals surface area (Å²) < 4.78 is 25.2.